The van der Waals surface area contributed by atoms with E-state index in [1.807, 2.05) is 36.1 Å². The van der Waals surface area contributed by atoms with E-state index in [1.54, 1.807) is 0 Å². The maximum Gasteiger partial charge on any atom is 0.225 e. The van der Waals surface area contributed by atoms with Gasteiger partial charge in [-0.05, 0) is 57.5 Å². The Balaban J connectivity index is 1.81. The number of piperidine rings is 1. The van der Waals surface area contributed by atoms with Crippen LogP contribution >= 0.6 is 15.9 Å². The van der Waals surface area contributed by atoms with E-state index in [2.05, 4.69) is 28.2 Å². The molecule has 4 nitrogen and oxygen atoms in total. The molecule has 1 aromatic carbocycles. The van der Waals surface area contributed by atoms with E-state index in [1.165, 1.54) is 0 Å². The zero-order valence-electron chi connectivity index (χ0n) is 13.3. The van der Waals surface area contributed by atoms with Crippen molar-refractivity contribution in [1.29, 1.82) is 0 Å². The number of likely N-dealkylation sites (N-methyl/N-ethyl adjacent to an activating group) is 1. The second-order valence-electron chi connectivity index (χ2n) is 5.80. The highest BCUT2D eigenvalue weighted by atomic mass is 79.9. The number of amides is 1. The molecule has 22 heavy (non-hydrogen) atoms. The number of rotatable bonds is 6. The van der Waals surface area contributed by atoms with Crippen LogP contribution in [0.3, 0.4) is 0 Å². The third kappa shape index (κ3) is 4.99. The maximum atomic E-state index is 12.6. The number of ether oxygens (including phenoxy) is 1. The Labute approximate surface area is 141 Å². The fraction of sp³-hybridized carbons (Fsp3) is 0.588. The zero-order valence-corrected chi connectivity index (χ0v) is 14.9. The molecule has 2 rings (SSSR count). The Morgan fingerprint density at radius 1 is 1.41 bits per heavy atom. The van der Waals surface area contributed by atoms with Gasteiger partial charge in [0.05, 0.1) is 6.54 Å². The van der Waals surface area contributed by atoms with Gasteiger partial charge in [-0.3, -0.25) is 4.79 Å². The third-order valence-corrected chi connectivity index (χ3v) is 4.64. The molecule has 0 aliphatic carbocycles. The van der Waals surface area contributed by atoms with E-state index in [9.17, 15) is 4.79 Å². The molecule has 122 valence electrons. The summed E-state index contributed by atoms with van der Waals surface area (Å²) in [5.41, 5.74) is 0. The van der Waals surface area contributed by atoms with Crippen molar-refractivity contribution < 1.29 is 9.53 Å². The van der Waals surface area contributed by atoms with Crippen LogP contribution in [0.15, 0.2) is 28.7 Å². The Hall–Kier alpha value is -1.07. The highest BCUT2D eigenvalue weighted by Crippen LogP contribution is 2.19. The summed E-state index contributed by atoms with van der Waals surface area (Å²) in [6.45, 7) is 7.02. The van der Waals surface area contributed by atoms with Gasteiger partial charge in [-0.15, -0.1) is 0 Å². The van der Waals surface area contributed by atoms with Gasteiger partial charge in [0, 0.05) is 23.0 Å². The number of nitrogens with zero attached hydrogens (tertiary/aromatic N) is 1. The van der Waals surface area contributed by atoms with Crippen LogP contribution in [0.2, 0.25) is 0 Å². The Kier molecular flexibility index (Phi) is 6.70. The van der Waals surface area contributed by atoms with Gasteiger partial charge in [0.25, 0.3) is 0 Å². The van der Waals surface area contributed by atoms with Crippen molar-refractivity contribution in [3.63, 3.8) is 0 Å². The van der Waals surface area contributed by atoms with E-state index in [-0.39, 0.29) is 11.8 Å². The highest BCUT2D eigenvalue weighted by Gasteiger charge is 2.27. The number of halogens is 1. The standard InChI is InChI=1S/C17H25BrN2O2/c1-3-20(17(21)14-8-9-19-13(2)12-14)10-11-22-16-6-4-15(18)5-7-16/h4-7,13-14,19H,3,8-12H2,1-2H3/t13-,14-/m0/s1. The monoisotopic (exact) mass is 368 g/mol. The Morgan fingerprint density at radius 3 is 2.77 bits per heavy atom. The fourth-order valence-electron chi connectivity index (χ4n) is 2.84. The van der Waals surface area contributed by atoms with Gasteiger partial charge < -0.3 is 15.0 Å². The van der Waals surface area contributed by atoms with Crippen LogP contribution in [-0.4, -0.2) is 43.1 Å². The van der Waals surface area contributed by atoms with Crippen LogP contribution in [0.4, 0.5) is 0 Å². The molecule has 0 unspecified atom stereocenters. The molecule has 1 amide bonds. The lowest BCUT2D eigenvalue weighted by Gasteiger charge is -2.31. The van der Waals surface area contributed by atoms with Gasteiger partial charge >= 0.3 is 0 Å². The summed E-state index contributed by atoms with van der Waals surface area (Å²) in [5, 5.41) is 3.39. The Morgan fingerprint density at radius 2 is 2.14 bits per heavy atom. The van der Waals surface area contributed by atoms with Crippen molar-refractivity contribution in [2.45, 2.75) is 32.7 Å². The first-order valence-corrected chi connectivity index (χ1v) is 8.80. The van der Waals surface area contributed by atoms with Crippen molar-refractivity contribution in [3.05, 3.63) is 28.7 Å². The minimum Gasteiger partial charge on any atom is -0.492 e. The van der Waals surface area contributed by atoms with Crippen molar-refractivity contribution in [3.8, 4) is 5.75 Å². The first kappa shape index (κ1) is 17.3. The van der Waals surface area contributed by atoms with Gasteiger partial charge in [-0.2, -0.15) is 0 Å². The molecule has 0 spiro atoms. The van der Waals surface area contributed by atoms with Crippen molar-refractivity contribution >= 4 is 21.8 Å². The summed E-state index contributed by atoms with van der Waals surface area (Å²) in [5.74, 6) is 1.27. The summed E-state index contributed by atoms with van der Waals surface area (Å²) in [4.78, 5) is 14.5. The second kappa shape index (κ2) is 8.53. The summed E-state index contributed by atoms with van der Waals surface area (Å²) in [7, 11) is 0. The Bertz CT molecular complexity index is 478. The largest absolute Gasteiger partial charge is 0.492 e. The average Bonchev–Trinajstić information content (AvgIpc) is 2.53. The highest BCUT2D eigenvalue weighted by molar-refractivity contribution is 9.10. The van der Waals surface area contributed by atoms with E-state index < -0.39 is 0 Å². The van der Waals surface area contributed by atoms with Gasteiger partial charge in [0.1, 0.15) is 12.4 Å². The quantitative estimate of drug-likeness (QED) is 0.838. The molecule has 0 aromatic heterocycles. The molecule has 0 bridgehead atoms. The predicted molar refractivity (Wildman–Crippen MR) is 92.1 cm³/mol. The molecule has 1 aromatic rings. The van der Waals surface area contributed by atoms with E-state index in [0.29, 0.717) is 19.2 Å². The summed E-state index contributed by atoms with van der Waals surface area (Å²) >= 11 is 3.40. The average molecular weight is 369 g/mol. The molecule has 1 saturated heterocycles. The van der Waals surface area contributed by atoms with Crippen molar-refractivity contribution in [2.24, 2.45) is 5.92 Å². The summed E-state index contributed by atoms with van der Waals surface area (Å²) in [6, 6.07) is 8.19. The molecular weight excluding hydrogens is 344 g/mol. The molecule has 5 heteroatoms. The molecule has 0 saturated carbocycles. The SMILES string of the molecule is CCN(CCOc1ccc(Br)cc1)C(=O)[C@H]1CCN[C@@H](C)C1. The van der Waals surface area contributed by atoms with Crippen LogP contribution in [0, 0.1) is 5.92 Å². The first-order valence-electron chi connectivity index (χ1n) is 8.00. The lowest BCUT2D eigenvalue weighted by Crippen LogP contribution is -2.45. The molecule has 1 N–H and O–H groups in total. The number of hydrogen-bond acceptors (Lipinski definition) is 3. The van der Waals surface area contributed by atoms with Crippen LogP contribution < -0.4 is 10.1 Å². The lowest BCUT2D eigenvalue weighted by atomic mass is 9.92. The van der Waals surface area contributed by atoms with Gasteiger partial charge in [-0.25, -0.2) is 0 Å². The minimum atomic E-state index is 0.156. The van der Waals surface area contributed by atoms with E-state index in [4.69, 9.17) is 4.74 Å². The summed E-state index contributed by atoms with van der Waals surface area (Å²) < 4.78 is 6.76. The van der Waals surface area contributed by atoms with Gasteiger partial charge in [0.2, 0.25) is 5.91 Å². The smallest absolute Gasteiger partial charge is 0.225 e. The predicted octanol–water partition coefficient (Wildman–Crippen LogP) is 3.06. The minimum absolute atomic E-state index is 0.156. The molecule has 2 atom stereocenters. The third-order valence-electron chi connectivity index (χ3n) is 4.11. The maximum absolute atomic E-state index is 12.6. The fourth-order valence-corrected chi connectivity index (χ4v) is 3.11. The molecule has 1 heterocycles. The normalized spacial score (nSPS) is 21.4. The molecule has 1 aliphatic heterocycles. The van der Waals surface area contributed by atoms with E-state index in [0.717, 1.165) is 36.2 Å². The van der Waals surface area contributed by atoms with Gasteiger partial charge in [0.15, 0.2) is 0 Å². The van der Waals surface area contributed by atoms with Crippen LogP contribution in [-0.2, 0) is 4.79 Å². The molecular formula is C17H25BrN2O2. The number of carbonyl (C=O) groups is 1. The summed E-state index contributed by atoms with van der Waals surface area (Å²) in [6.07, 6.45) is 1.87. The molecule has 1 fully saturated rings. The molecule has 1 aliphatic rings. The topological polar surface area (TPSA) is 41.6 Å². The van der Waals surface area contributed by atoms with Gasteiger partial charge in [-0.1, -0.05) is 15.9 Å². The van der Waals surface area contributed by atoms with E-state index >= 15 is 0 Å². The van der Waals surface area contributed by atoms with Crippen molar-refractivity contribution in [1.82, 2.24) is 10.2 Å². The number of carbonyl (C=O) groups excluding carboxylic acids is 1. The van der Waals surface area contributed by atoms with Crippen molar-refractivity contribution in [2.75, 3.05) is 26.2 Å². The lowest BCUT2D eigenvalue weighted by molar-refractivity contribution is -0.136. The van der Waals surface area contributed by atoms with Crippen LogP contribution in [0.5, 0.6) is 5.75 Å². The number of nitrogens with one attached hydrogen (secondary N) is 1. The van der Waals surface area contributed by atoms with Crippen LogP contribution in [0.25, 0.3) is 0 Å². The van der Waals surface area contributed by atoms with Crippen LogP contribution in [0.1, 0.15) is 26.7 Å². The zero-order chi connectivity index (χ0) is 15.9. The number of hydrogen-bond donors (Lipinski definition) is 1. The number of benzene rings is 1. The molecule has 0 radical (unpaired) electrons. The second-order valence-corrected chi connectivity index (χ2v) is 6.71. The first-order chi connectivity index (χ1) is 10.6.